The SMILES string of the molecule is CC(C)C[C@@H]1NC(=O)[C@H](CCCNC(=O)OCc2ccccc2)NC(=O)[C@H](C(C)C)NC(=O)[C@@H]2CCCN2C(=O)[C@@H](Cc2ccccc2)NC(=O)[C@H](CC(C)C)NC(=O)[C@H](CCCNC(=O)OCc2ccccc2)NC(=O)[C@H](C(C)C)NC(=O)[C@@H]2CCCN2C(=O)[C@@H](Cc2ccc(OCc3c(Cl)cccc3Cl)cc2)NC(=O)[C@@H](Cc2ccccc2)NC1=O. The van der Waals surface area contributed by atoms with Gasteiger partial charge in [-0.1, -0.05) is 218 Å². The zero-order valence-electron chi connectivity index (χ0n) is 71.1. The molecule has 0 aliphatic carbocycles. The Labute approximate surface area is 729 Å². The summed E-state index contributed by atoms with van der Waals surface area (Å²) < 4.78 is 17.0. The van der Waals surface area contributed by atoms with Crippen LogP contribution < -0.4 is 63.2 Å². The van der Waals surface area contributed by atoms with E-state index in [0.717, 1.165) is 11.1 Å². The van der Waals surface area contributed by atoms with Crippen LogP contribution in [-0.2, 0) is 101 Å². The molecule has 29 nitrogen and oxygen atoms in total. The van der Waals surface area contributed by atoms with Crippen LogP contribution in [0.4, 0.5) is 9.59 Å². The molecule has 3 aliphatic heterocycles. The van der Waals surface area contributed by atoms with Crippen molar-refractivity contribution in [2.75, 3.05) is 26.2 Å². The van der Waals surface area contributed by atoms with Crippen molar-refractivity contribution in [1.29, 1.82) is 0 Å². The second-order valence-electron chi connectivity index (χ2n) is 33.0. The molecule has 0 aromatic heterocycles. The summed E-state index contributed by atoms with van der Waals surface area (Å²) >= 11 is 13.0. The van der Waals surface area contributed by atoms with Gasteiger partial charge in [0.05, 0.1) is 0 Å². The second-order valence-corrected chi connectivity index (χ2v) is 33.8. The molecule has 0 bridgehead atoms. The van der Waals surface area contributed by atoms with Crippen molar-refractivity contribution < 1.29 is 76.5 Å². The fourth-order valence-electron chi connectivity index (χ4n) is 15.0. The molecule has 6 aromatic rings. The van der Waals surface area contributed by atoms with Gasteiger partial charge in [-0.15, -0.1) is 0 Å². The molecule has 3 heterocycles. The van der Waals surface area contributed by atoms with E-state index in [-0.39, 0.29) is 128 Å². The highest BCUT2D eigenvalue weighted by molar-refractivity contribution is 6.36. The molecule has 9 rings (SSSR count). The summed E-state index contributed by atoms with van der Waals surface area (Å²) in [6.07, 6.45) is -1.13. The molecule has 660 valence electrons. The quantitative estimate of drug-likeness (QED) is 0.0215. The summed E-state index contributed by atoms with van der Waals surface area (Å²) in [4.78, 5) is 197. The normalized spacial score (nSPS) is 22.2. The van der Waals surface area contributed by atoms with E-state index in [1.807, 2.05) is 39.8 Å². The van der Waals surface area contributed by atoms with E-state index in [9.17, 15) is 9.59 Å². The third kappa shape index (κ3) is 29.6. The van der Waals surface area contributed by atoms with Crippen molar-refractivity contribution in [2.45, 2.75) is 225 Å². The Morgan fingerprint density at radius 1 is 0.374 bits per heavy atom. The first-order valence-electron chi connectivity index (χ1n) is 42.4. The van der Waals surface area contributed by atoms with E-state index in [1.165, 1.54) is 9.80 Å². The number of fused-ring (bicyclic) bond motifs is 2. The maximum atomic E-state index is 15.8. The Kier molecular flexibility index (Phi) is 37.0. The summed E-state index contributed by atoms with van der Waals surface area (Å²) in [5, 5.41) is 32.1. The number of benzene rings is 6. The highest BCUT2D eigenvalue weighted by atomic mass is 35.5. The summed E-state index contributed by atoms with van der Waals surface area (Å²) in [5.74, 6) is -10.00. The lowest BCUT2D eigenvalue weighted by atomic mass is 9.99. The van der Waals surface area contributed by atoms with E-state index < -0.39 is 155 Å². The van der Waals surface area contributed by atoms with Crippen molar-refractivity contribution in [3.8, 4) is 5.75 Å². The molecular formula is C92H117Cl2N13O16. The third-order valence-corrected chi connectivity index (χ3v) is 22.4. The van der Waals surface area contributed by atoms with Gasteiger partial charge in [0.1, 0.15) is 92.0 Å². The molecule has 3 fully saturated rings. The van der Waals surface area contributed by atoms with Crippen molar-refractivity contribution in [3.63, 3.8) is 0 Å². The van der Waals surface area contributed by atoms with Crippen LogP contribution >= 0.6 is 23.2 Å². The minimum atomic E-state index is -1.46. The monoisotopic (exact) mass is 1730 g/mol. The Morgan fingerprint density at radius 2 is 0.707 bits per heavy atom. The van der Waals surface area contributed by atoms with Crippen molar-refractivity contribution >= 4 is 100 Å². The zero-order chi connectivity index (χ0) is 88.7. The molecule has 3 saturated heterocycles. The van der Waals surface area contributed by atoms with Gasteiger partial charge in [-0.3, -0.25) is 52.7 Å². The van der Waals surface area contributed by atoms with Crippen LogP contribution in [0, 0.1) is 23.7 Å². The third-order valence-electron chi connectivity index (χ3n) is 21.7. The lowest BCUT2D eigenvalue weighted by molar-refractivity contribution is -0.143. The van der Waals surface area contributed by atoms with Gasteiger partial charge < -0.3 is 82.5 Å². The lowest BCUT2D eigenvalue weighted by Gasteiger charge is -2.32. The average molecular weight is 1730 g/mol. The van der Waals surface area contributed by atoms with Crippen LogP contribution in [0.15, 0.2) is 164 Å². The highest BCUT2D eigenvalue weighted by Crippen LogP contribution is 2.29. The largest absolute Gasteiger partial charge is 0.489 e. The van der Waals surface area contributed by atoms with Crippen LogP contribution in [0.3, 0.4) is 0 Å². The number of nitrogens with zero attached hydrogens (tertiary/aromatic N) is 2. The number of carbonyl (C=O) groups is 13. The Hall–Kier alpha value is -11.6. The van der Waals surface area contributed by atoms with Crippen molar-refractivity contribution in [3.05, 3.63) is 207 Å². The van der Waals surface area contributed by atoms with E-state index >= 15 is 52.7 Å². The van der Waals surface area contributed by atoms with Gasteiger partial charge in [0.15, 0.2) is 0 Å². The maximum Gasteiger partial charge on any atom is 0.407 e. The molecule has 123 heavy (non-hydrogen) atoms. The number of rotatable bonds is 27. The number of hydrogen-bond acceptors (Lipinski definition) is 16. The van der Waals surface area contributed by atoms with Crippen LogP contribution in [0.25, 0.3) is 0 Å². The van der Waals surface area contributed by atoms with Gasteiger partial charge in [0.2, 0.25) is 65.0 Å². The predicted molar refractivity (Wildman–Crippen MR) is 464 cm³/mol. The van der Waals surface area contributed by atoms with E-state index in [0.29, 0.717) is 50.9 Å². The minimum Gasteiger partial charge on any atom is -0.489 e. The number of amides is 13. The molecule has 11 atom stereocenters. The number of alkyl carbamates (subject to hydrolysis) is 2. The first kappa shape index (κ1) is 95.2. The number of ether oxygens (including phenoxy) is 3. The topological polar surface area (TPSA) is 388 Å². The summed E-state index contributed by atoms with van der Waals surface area (Å²) in [7, 11) is 0. The number of hydrogen-bond donors (Lipinski definition) is 11. The standard InChI is InChI=1S/C92H117Cl2N13O16/c1-56(2)48-71-82(110)101-73(50-60-26-13-9-14-27-60)84(112)103-75(52-62-40-42-65(43-41-62)121-55-66-67(93)34-21-35-68(66)94)90(118)107-47-25-39-77(107)86(114)105-79(59(7)8)88(116)98-70(37-23-45-96-92(120)123-54-64-32-19-12-20-33-64)81(109)100-72(49-57(3)4)83(111)102-74(51-61-28-15-10-16-29-61)89(117)106-46-24-38-76(106)85(113)104-78(58(5)6)87(115)97-69(80(108)99-71)36-22-44-95-91(119)122-53-63-30-17-11-18-31-63/h9-21,26-35,40-43,56-59,69-79H,22-25,36-39,44-55H2,1-8H3,(H,95,119)(H,96,120)(H,97,115)(H,98,116)(H,99,108)(H,100,109)(H,101,110)(H,102,111)(H,103,112)(H,104,113)(H,105,114)/t69-,70-,71-,72-,73+,74+,75+,76-,77-,78-,79-/m0/s1. The summed E-state index contributed by atoms with van der Waals surface area (Å²) in [5.41, 5.74) is 3.78. The minimum absolute atomic E-state index is 0.00467. The molecule has 0 radical (unpaired) electrons. The fraction of sp³-hybridized carbons (Fsp3) is 0.467. The van der Waals surface area contributed by atoms with Crippen LogP contribution in [-0.4, -0.2) is 180 Å². The number of halogens is 2. The predicted octanol–water partition coefficient (Wildman–Crippen LogP) is 8.78. The van der Waals surface area contributed by atoms with E-state index in [1.54, 1.807) is 179 Å². The number of nitrogens with one attached hydrogen (secondary N) is 11. The molecule has 6 aromatic carbocycles. The zero-order valence-corrected chi connectivity index (χ0v) is 72.6. The van der Waals surface area contributed by atoms with Gasteiger partial charge in [-0.25, -0.2) is 9.59 Å². The molecule has 0 unspecified atom stereocenters. The lowest BCUT2D eigenvalue weighted by Crippen LogP contribution is -2.61. The molecule has 0 spiro atoms. The van der Waals surface area contributed by atoms with Crippen LogP contribution in [0.2, 0.25) is 10.0 Å². The smallest absolute Gasteiger partial charge is 0.407 e. The van der Waals surface area contributed by atoms with Gasteiger partial charge in [0, 0.05) is 61.1 Å². The van der Waals surface area contributed by atoms with Crippen LogP contribution in [0.5, 0.6) is 5.75 Å². The Morgan fingerprint density at radius 3 is 1.09 bits per heavy atom. The molecule has 11 N–H and O–H groups in total. The van der Waals surface area contributed by atoms with Crippen LogP contribution in [0.1, 0.15) is 153 Å². The molecule has 3 aliphatic rings. The second kappa shape index (κ2) is 47.7. The van der Waals surface area contributed by atoms with Crippen molar-refractivity contribution in [2.24, 2.45) is 23.7 Å². The van der Waals surface area contributed by atoms with E-state index in [2.05, 4.69) is 58.5 Å². The van der Waals surface area contributed by atoms with Crippen molar-refractivity contribution in [1.82, 2.24) is 68.3 Å². The molecule has 13 amide bonds. The first-order chi connectivity index (χ1) is 59.0. The number of carbonyl (C=O) groups excluding carboxylic acids is 13. The van der Waals surface area contributed by atoms with Gasteiger partial charge in [-0.2, -0.15) is 0 Å². The average Bonchev–Trinajstić information content (AvgIpc) is 1.74. The van der Waals surface area contributed by atoms with Gasteiger partial charge in [0.25, 0.3) is 0 Å². The fourth-order valence-corrected chi connectivity index (χ4v) is 15.5. The molecule has 31 heteroatoms. The molecule has 0 saturated carbocycles. The van der Waals surface area contributed by atoms with Gasteiger partial charge in [-0.05, 0) is 140 Å². The summed E-state index contributed by atoms with van der Waals surface area (Å²) in [6, 6.07) is 32.4. The van der Waals surface area contributed by atoms with Gasteiger partial charge >= 0.3 is 12.2 Å². The highest BCUT2D eigenvalue weighted by Gasteiger charge is 2.44. The molecular weight excluding hydrogens is 1610 g/mol. The maximum absolute atomic E-state index is 15.8. The Bertz CT molecular complexity index is 4530. The van der Waals surface area contributed by atoms with E-state index in [4.69, 9.17) is 37.4 Å². The Balaban J connectivity index is 1.09. The summed E-state index contributed by atoms with van der Waals surface area (Å²) in [6.45, 7) is 14.0. The first-order valence-corrected chi connectivity index (χ1v) is 43.2.